The van der Waals surface area contributed by atoms with Gasteiger partial charge < -0.3 is 19.5 Å². The zero-order chi connectivity index (χ0) is 31.3. The number of alkyl halides is 8. The predicted molar refractivity (Wildman–Crippen MR) is 131 cm³/mol. The Kier molecular flexibility index (Phi) is 10.7. The van der Waals surface area contributed by atoms with Gasteiger partial charge in [-0.1, -0.05) is 25.1 Å². The van der Waals surface area contributed by atoms with Gasteiger partial charge in [0.05, 0.1) is 17.5 Å². The van der Waals surface area contributed by atoms with Crippen LogP contribution in [-0.2, 0) is 25.7 Å². The summed E-state index contributed by atoms with van der Waals surface area (Å²) in [5, 5.41) is 12.0. The molecular weight excluding hydrogens is 612 g/mol. The maximum atomic E-state index is 12.8. The number of hydrogen-bond donors (Lipinski definition) is 2. The summed E-state index contributed by atoms with van der Waals surface area (Å²) in [6, 6.07) is 24.8. The summed E-state index contributed by atoms with van der Waals surface area (Å²) in [4.78, 5) is 3.46. The summed E-state index contributed by atoms with van der Waals surface area (Å²) in [6.07, 6.45) is -6.46. The summed E-state index contributed by atoms with van der Waals surface area (Å²) in [5.41, 5.74) is 0. The molecule has 3 aromatic carbocycles. The average Bonchev–Trinajstić information content (AvgIpc) is 2.90. The van der Waals surface area contributed by atoms with Gasteiger partial charge in [0.25, 0.3) is 0 Å². The molecule has 16 heteroatoms. The SMILES string of the molecule is CCCOC(F)(F)C(F)(F)C(F)(F)C(F)(F)S(=O)(=O)[O-].Oc1ccc([S+](c2ccccc2)c2ccc(O)cc2)cc1. The molecule has 3 aromatic rings. The molecule has 0 radical (unpaired) electrons. The number of aromatic hydroxyl groups is 2. The van der Waals surface area contributed by atoms with Gasteiger partial charge in [-0.3, -0.25) is 0 Å². The Balaban J connectivity index is 0.000000288. The van der Waals surface area contributed by atoms with Crippen LogP contribution in [0.4, 0.5) is 35.1 Å². The highest BCUT2D eigenvalue weighted by Crippen LogP contribution is 2.54. The second-order valence-corrected chi connectivity index (χ2v) is 11.5. The van der Waals surface area contributed by atoms with Gasteiger partial charge in [-0.05, 0) is 67.1 Å². The monoisotopic (exact) mass is 634 g/mol. The molecule has 0 saturated carbocycles. The molecule has 226 valence electrons. The topological polar surface area (TPSA) is 107 Å². The molecule has 0 spiro atoms. The van der Waals surface area contributed by atoms with Gasteiger partial charge in [0.15, 0.2) is 24.8 Å². The summed E-state index contributed by atoms with van der Waals surface area (Å²) in [6.45, 7) is -0.0859. The number of benzene rings is 3. The summed E-state index contributed by atoms with van der Waals surface area (Å²) in [5.74, 6) is -13.6. The minimum atomic E-state index is -7.33. The highest BCUT2D eigenvalue weighted by atomic mass is 32.2. The van der Waals surface area contributed by atoms with E-state index in [4.69, 9.17) is 0 Å². The maximum Gasteiger partial charge on any atom is 0.426 e. The molecule has 0 fully saturated rings. The predicted octanol–water partition coefficient (Wildman–Crippen LogP) is 6.61. The first-order chi connectivity index (χ1) is 18.8. The lowest BCUT2D eigenvalue weighted by atomic mass is 10.1. The van der Waals surface area contributed by atoms with E-state index in [1.54, 1.807) is 24.3 Å². The van der Waals surface area contributed by atoms with Crippen molar-refractivity contribution in [3.05, 3.63) is 78.9 Å². The zero-order valence-corrected chi connectivity index (χ0v) is 22.4. The molecule has 2 N–H and O–H groups in total. The van der Waals surface area contributed by atoms with Crippen LogP contribution in [0.2, 0.25) is 0 Å². The normalized spacial score (nSPS) is 13.0. The molecule has 3 rings (SSSR count). The molecule has 0 amide bonds. The van der Waals surface area contributed by atoms with E-state index in [9.17, 15) is 58.3 Å². The van der Waals surface area contributed by atoms with Crippen LogP contribution in [0.15, 0.2) is 93.5 Å². The summed E-state index contributed by atoms with van der Waals surface area (Å²) < 4.78 is 134. The Morgan fingerprint density at radius 1 is 0.707 bits per heavy atom. The molecule has 0 heterocycles. The van der Waals surface area contributed by atoms with Crippen LogP contribution >= 0.6 is 0 Å². The number of halogens is 8. The average molecular weight is 635 g/mol. The zero-order valence-electron chi connectivity index (χ0n) is 20.8. The van der Waals surface area contributed by atoms with Gasteiger partial charge in [-0.15, -0.1) is 0 Å². The quantitative estimate of drug-likeness (QED) is 0.148. The standard InChI is InChI=1S/C18H14O2S.C7H8F8O4S/c19-14-6-10-17(11-7-14)21(16-4-2-1-3-5-16)18-12-8-15(20)9-13-18;1-2-3-19-6(12,13)4(8,9)5(10,11)7(14,15)20(16,17)18/h1-13H,(H-,19,20);2-3H2,1H3,(H,16,17,18). The molecule has 0 aromatic heterocycles. The van der Waals surface area contributed by atoms with Crippen molar-refractivity contribution in [3.63, 3.8) is 0 Å². The Morgan fingerprint density at radius 3 is 1.46 bits per heavy atom. The Bertz CT molecular complexity index is 1330. The number of ether oxygens (including phenoxy) is 1. The van der Waals surface area contributed by atoms with Gasteiger partial charge in [0, 0.05) is 0 Å². The lowest BCUT2D eigenvalue weighted by molar-refractivity contribution is -0.417. The fourth-order valence-electron chi connectivity index (χ4n) is 2.97. The Hall–Kier alpha value is -3.08. The van der Waals surface area contributed by atoms with Crippen LogP contribution in [0.3, 0.4) is 0 Å². The lowest BCUT2D eigenvalue weighted by Crippen LogP contribution is -2.65. The van der Waals surface area contributed by atoms with E-state index in [2.05, 4.69) is 16.9 Å². The Morgan fingerprint density at radius 2 is 1.10 bits per heavy atom. The first-order valence-corrected chi connectivity index (χ1v) is 13.9. The molecule has 0 aliphatic carbocycles. The van der Waals surface area contributed by atoms with Gasteiger partial charge in [0.1, 0.15) is 11.5 Å². The van der Waals surface area contributed by atoms with E-state index in [1.807, 2.05) is 42.5 Å². The molecule has 0 saturated heterocycles. The van der Waals surface area contributed by atoms with Crippen molar-refractivity contribution < 1.29 is 63.0 Å². The van der Waals surface area contributed by atoms with Crippen LogP contribution in [-0.4, -0.2) is 53.0 Å². The minimum Gasteiger partial charge on any atom is -0.743 e. The second kappa shape index (κ2) is 12.8. The van der Waals surface area contributed by atoms with Crippen LogP contribution in [0.1, 0.15) is 13.3 Å². The third-order valence-electron chi connectivity index (χ3n) is 5.05. The third-order valence-corrected chi connectivity index (χ3v) is 8.17. The van der Waals surface area contributed by atoms with Crippen molar-refractivity contribution in [2.24, 2.45) is 0 Å². The van der Waals surface area contributed by atoms with Crippen molar-refractivity contribution in [1.82, 2.24) is 0 Å². The second-order valence-electron chi connectivity index (χ2n) is 8.09. The molecule has 0 bridgehead atoms. The highest BCUT2D eigenvalue weighted by molar-refractivity contribution is 7.97. The van der Waals surface area contributed by atoms with E-state index in [1.165, 1.54) is 4.90 Å². The van der Waals surface area contributed by atoms with E-state index in [0.29, 0.717) is 0 Å². The molecule has 6 nitrogen and oxygen atoms in total. The minimum absolute atomic E-state index is 0.253. The Labute approximate surface area is 232 Å². The first kappa shape index (κ1) is 34.1. The van der Waals surface area contributed by atoms with Gasteiger partial charge in [-0.2, -0.15) is 35.1 Å². The van der Waals surface area contributed by atoms with E-state index in [0.717, 1.165) is 16.7 Å². The summed E-state index contributed by atoms with van der Waals surface area (Å²) in [7, 11) is -7.58. The van der Waals surface area contributed by atoms with Crippen molar-refractivity contribution in [2.75, 3.05) is 6.61 Å². The van der Waals surface area contributed by atoms with Gasteiger partial charge in [0.2, 0.25) is 0 Å². The van der Waals surface area contributed by atoms with Crippen LogP contribution in [0.5, 0.6) is 11.5 Å². The molecular formula is C25H22F8O6S2. The smallest absolute Gasteiger partial charge is 0.426 e. The van der Waals surface area contributed by atoms with Crippen molar-refractivity contribution in [2.45, 2.75) is 51.2 Å². The van der Waals surface area contributed by atoms with E-state index in [-0.39, 0.29) is 28.8 Å². The summed E-state index contributed by atoms with van der Waals surface area (Å²) >= 11 is 0. The van der Waals surface area contributed by atoms with Gasteiger partial charge in [-0.25, -0.2) is 8.42 Å². The fourth-order valence-corrected chi connectivity index (χ4v) is 5.48. The fraction of sp³-hybridized carbons (Fsp3) is 0.280. The van der Waals surface area contributed by atoms with Crippen LogP contribution in [0, 0.1) is 0 Å². The number of phenols is 2. The molecule has 41 heavy (non-hydrogen) atoms. The van der Waals surface area contributed by atoms with Crippen molar-refractivity contribution >= 4 is 21.0 Å². The third kappa shape index (κ3) is 7.42. The maximum absolute atomic E-state index is 12.8. The van der Waals surface area contributed by atoms with E-state index >= 15 is 0 Å². The molecule has 0 aliphatic rings. The molecule has 0 aliphatic heterocycles. The molecule has 0 atom stereocenters. The highest BCUT2D eigenvalue weighted by Gasteiger charge is 2.83. The first-order valence-electron chi connectivity index (χ1n) is 11.3. The van der Waals surface area contributed by atoms with Crippen molar-refractivity contribution in [3.8, 4) is 11.5 Å². The van der Waals surface area contributed by atoms with Crippen molar-refractivity contribution in [1.29, 1.82) is 0 Å². The van der Waals surface area contributed by atoms with Crippen LogP contribution in [0.25, 0.3) is 0 Å². The number of phenolic OH excluding ortho intramolecular Hbond substituents is 2. The lowest BCUT2D eigenvalue weighted by Gasteiger charge is -2.36. The van der Waals surface area contributed by atoms with E-state index < -0.39 is 39.9 Å². The largest absolute Gasteiger partial charge is 0.743 e. The van der Waals surface area contributed by atoms with Gasteiger partial charge >= 0.3 is 23.2 Å². The number of hydrogen-bond acceptors (Lipinski definition) is 6. The molecule has 0 unspecified atom stereocenters. The number of rotatable bonds is 10. The van der Waals surface area contributed by atoms with Crippen LogP contribution < -0.4 is 0 Å².